The van der Waals surface area contributed by atoms with Crippen molar-refractivity contribution in [1.29, 1.82) is 0 Å². The zero-order valence-electron chi connectivity index (χ0n) is 13.7. The second-order valence-corrected chi connectivity index (χ2v) is 5.58. The van der Waals surface area contributed by atoms with Crippen LogP contribution >= 0.6 is 0 Å². The molecule has 138 valence electrons. The van der Waals surface area contributed by atoms with Crippen molar-refractivity contribution in [3.63, 3.8) is 0 Å². The van der Waals surface area contributed by atoms with Crippen LogP contribution in [0.4, 0.5) is 24.5 Å². The minimum absolute atomic E-state index is 0.0961. The standard InChI is InChI=1S/C19H13F3N2O3/c20-19(21,22)14-8-15(23-17(25)12-4-2-1-3-5-12)10-16(9-14)24-18(26)13-6-7-27-11-13/h1-11H,(H,23,25)(H,24,26). The number of carbonyl (C=O) groups excluding carboxylic acids is 2. The van der Waals surface area contributed by atoms with Crippen molar-refractivity contribution in [1.82, 2.24) is 0 Å². The summed E-state index contributed by atoms with van der Waals surface area (Å²) in [5.41, 5.74) is -0.766. The van der Waals surface area contributed by atoms with Crippen LogP contribution in [-0.4, -0.2) is 11.8 Å². The number of carbonyl (C=O) groups is 2. The summed E-state index contributed by atoms with van der Waals surface area (Å²) in [4.78, 5) is 24.3. The Bertz CT molecular complexity index is 952. The lowest BCUT2D eigenvalue weighted by Crippen LogP contribution is -2.15. The van der Waals surface area contributed by atoms with E-state index in [1.807, 2.05) is 0 Å². The van der Waals surface area contributed by atoms with E-state index >= 15 is 0 Å². The molecule has 0 bridgehead atoms. The normalized spacial score (nSPS) is 11.1. The van der Waals surface area contributed by atoms with E-state index in [1.165, 1.54) is 36.8 Å². The topological polar surface area (TPSA) is 71.3 Å². The summed E-state index contributed by atoms with van der Waals surface area (Å²) in [5.74, 6) is -1.20. The van der Waals surface area contributed by atoms with Gasteiger partial charge in [0, 0.05) is 16.9 Å². The van der Waals surface area contributed by atoms with Gasteiger partial charge < -0.3 is 15.1 Å². The molecule has 0 aliphatic rings. The van der Waals surface area contributed by atoms with Crippen molar-refractivity contribution >= 4 is 23.2 Å². The smallest absolute Gasteiger partial charge is 0.416 e. The van der Waals surface area contributed by atoms with Gasteiger partial charge in [0.2, 0.25) is 0 Å². The summed E-state index contributed by atoms with van der Waals surface area (Å²) in [6.45, 7) is 0. The number of benzene rings is 2. The SMILES string of the molecule is O=C(Nc1cc(NC(=O)c2ccoc2)cc(C(F)(F)F)c1)c1ccccc1. The number of nitrogens with one attached hydrogen (secondary N) is 2. The maximum atomic E-state index is 13.2. The van der Waals surface area contributed by atoms with Crippen LogP contribution in [0, 0.1) is 0 Å². The third-order valence-corrected chi connectivity index (χ3v) is 3.60. The molecule has 0 fully saturated rings. The predicted octanol–water partition coefficient (Wildman–Crippen LogP) is 4.80. The molecule has 0 saturated heterocycles. The molecule has 8 heteroatoms. The monoisotopic (exact) mass is 374 g/mol. The van der Waals surface area contributed by atoms with Crippen molar-refractivity contribution < 1.29 is 27.2 Å². The first-order valence-corrected chi connectivity index (χ1v) is 7.75. The molecule has 2 aromatic carbocycles. The van der Waals surface area contributed by atoms with Crippen LogP contribution in [0.1, 0.15) is 26.3 Å². The largest absolute Gasteiger partial charge is 0.472 e. The minimum Gasteiger partial charge on any atom is -0.472 e. The van der Waals surface area contributed by atoms with Crippen molar-refractivity contribution in [3.8, 4) is 0 Å². The summed E-state index contributed by atoms with van der Waals surface area (Å²) in [7, 11) is 0. The first-order chi connectivity index (χ1) is 12.8. The molecule has 0 saturated carbocycles. The van der Waals surface area contributed by atoms with Gasteiger partial charge in [-0.05, 0) is 36.4 Å². The molecule has 0 unspecified atom stereocenters. The van der Waals surface area contributed by atoms with E-state index in [0.717, 1.165) is 12.1 Å². The lowest BCUT2D eigenvalue weighted by molar-refractivity contribution is -0.137. The Morgan fingerprint density at radius 2 is 1.41 bits per heavy atom. The van der Waals surface area contributed by atoms with E-state index in [0.29, 0.717) is 5.56 Å². The number of furan rings is 1. The van der Waals surface area contributed by atoms with Crippen molar-refractivity contribution in [3.05, 3.63) is 83.8 Å². The molecule has 5 nitrogen and oxygen atoms in total. The molecule has 3 aromatic rings. The van der Waals surface area contributed by atoms with Gasteiger partial charge >= 0.3 is 6.18 Å². The van der Waals surface area contributed by atoms with Gasteiger partial charge in [-0.25, -0.2) is 0 Å². The van der Waals surface area contributed by atoms with Crippen LogP contribution in [0.25, 0.3) is 0 Å². The van der Waals surface area contributed by atoms with Gasteiger partial charge in [0.05, 0.1) is 17.4 Å². The third kappa shape index (κ3) is 4.55. The van der Waals surface area contributed by atoms with Crippen molar-refractivity contribution in [2.45, 2.75) is 6.18 Å². The Hall–Kier alpha value is -3.55. The van der Waals surface area contributed by atoms with Crippen molar-refractivity contribution in [2.24, 2.45) is 0 Å². The zero-order valence-corrected chi connectivity index (χ0v) is 13.7. The average molecular weight is 374 g/mol. The number of halogens is 3. The summed E-state index contributed by atoms with van der Waals surface area (Å²) >= 11 is 0. The molecule has 1 heterocycles. The van der Waals surface area contributed by atoms with Gasteiger partial charge in [-0.1, -0.05) is 18.2 Å². The molecule has 3 rings (SSSR count). The Morgan fingerprint density at radius 1 is 0.815 bits per heavy atom. The fourth-order valence-electron chi connectivity index (χ4n) is 2.33. The maximum Gasteiger partial charge on any atom is 0.416 e. The lowest BCUT2D eigenvalue weighted by atomic mass is 10.1. The predicted molar refractivity (Wildman–Crippen MR) is 92.5 cm³/mol. The molecule has 0 spiro atoms. The van der Waals surface area contributed by atoms with Gasteiger partial charge in [0.15, 0.2) is 0 Å². The van der Waals surface area contributed by atoms with E-state index in [-0.39, 0.29) is 16.9 Å². The Kier molecular flexibility index (Phi) is 4.98. The average Bonchev–Trinajstić information content (AvgIpc) is 3.16. The fraction of sp³-hybridized carbons (Fsp3) is 0.0526. The summed E-state index contributed by atoms with van der Waals surface area (Å²) in [6.07, 6.45) is -2.21. The van der Waals surface area contributed by atoms with Gasteiger partial charge in [-0.3, -0.25) is 9.59 Å². The molecule has 0 atom stereocenters. The van der Waals surface area contributed by atoms with Crippen LogP contribution in [0.5, 0.6) is 0 Å². The van der Waals surface area contributed by atoms with Crippen LogP contribution in [-0.2, 0) is 6.18 Å². The van der Waals surface area contributed by atoms with Gasteiger partial charge in [-0.2, -0.15) is 13.2 Å². The Morgan fingerprint density at radius 3 is 1.93 bits per heavy atom. The molecule has 1 aromatic heterocycles. The van der Waals surface area contributed by atoms with Gasteiger partial charge in [0.25, 0.3) is 11.8 Å². The lowest BCUT2D eigenvalue weighted by Gasteiger charge is -2.13. The number of rotatable bonds is 4. The Labute approximate surface area is 151 Å². The second kappa shape index (κ2) is 7.36. The minimum atomic E-state index is -4.65. The quantitative estimate of drug-likeness (QED) is 0.689. The highest BCUT2D eigenvalue weighted by molar-refractivity contribution is 6.06. The number of hydrogen-bond donors (Lipinski definition) is 2. The van der Waals surface area contributed by atoms with Crippen LogP contribution in [0.15, 0.2) is 71.5 Å². The molecule has 0 radical (unpaired) electrons. The van der Waals surface area contributed by atoms with Crippen LogP contribution < -0.4 is 10.6 Å². The van der Waals surface area contributed by atoms with E-state index in [2.05, 4.69) is 10.6 Å². The highest BCUT2D eigenvalue weighted by Gasteiger charge is 2.31. The first-order valence-electron chi connectivity index (χ1n) is 7.75. The molecule has 2 amide bonds. The van der Waals surface area contributed by atoms with E-state index in [9.17, 15) is 22.8 Å². The second-order valence-electron chi connectivity index (χ2n) is 5.58. The number of hydrogen-bond acceptors (Lipinski definition) is 3. The van der Waals surface area contributed by atoms with Crippen LogP contribution in [0.2, 0.25) is 0 Å². The molecular formula is C19H13F3N2O3. The molecule has 0 aliphatic heterocycles. The highest BCUT2D eigenvalue weighted by atomic mass is 19.4. The molecule has 27 heavy (non-hydrogen) atoms. The highest BCUT2D eigenvalue weighted by Crippen LogP contribution is 2.33. The Balaban J connectivity index is 1.89. The number of amides is 2. The first kappa shape index (κ1) is 18.2. The number of alkyl halides is 3. The van der Waals surface area contributed by atoms with Crippen molar-refractivity contribution in [2.75, 3.05) is 10.6 Å². The van der Waals surface area contributed by atoms with Gasteiger partial charge in [-0.15, -0.1) is 0 Å². The third-order valence-electron chi connectivity index (χ3n) is 3.60. The van der Waals surface area contributed by atoms with E-state index in [1.54, 1.807) is 18.2 Å². The van der Waals surface area contributed by atoms with Gasteiger partial charge in [0.1, 0.15) is 6.26 Å². The number of anilines is 2. The molecule has 2 N–H and O–H groups in total. The van der Waals surface area contributed by atoms with E-state index in [4.69, 9.17) is 4.42 Å². The van der Waals surface area contributed by atoms with Crippen LogP contribution in [0.3, 0.4) is 0 Å². The fourth-order valence-corrected chi connectivity index (χ4v) is 2.33. The summed E-state index contributed by atoms with van der Waals surface area (Å²) in [5, 5.41) is 4.77. The van der Waals surface area contributed by atoms with E-state index < -0.39 is 23.6 Å². The maximum absolute atomic E-state index is 13.2. The molecule has 0 aliphatic carbocycles. The zero-order chi connectivity index (χ0) is 19.4. The summed E-state index contributed by atoms with van der Waals surface area (Å²) in [6, 6.07) is 12.3. The summed E-state index contributed by atoms with van der Waals surface area (Å²) < 4.78 is 44.3. The molecular weight excluding hydrogens is 361 g/mol.